The molecule has 0 radical (unpaired) electrons. The van der Waals surface area contributed by atoms with Crippen molar-refractivity contribution in [3.05, 3.63) is 285 Å². The summed E-state index contributed by atoms with van der Waals surface area (Å²) in [5.74, 6) is 3.18. The van der Waals surface area contributed by atoms with Crippen molar-refractivity contribution in [3.63, 3.8) is 0 Å². The molecule has 12 rings (SSSR count). The SMILES string of the molecule is COc1cccc(CNCCNCc2cccc(OC)c2[O-])c1[O-].COc1cccc(CNCCNCc2cccc(OC)c2[O-])c1[O-].COc1cccc(CNCCNCc2cccc(OC)c2[O-])c1[O-].COc1cccc(CNCCNCc2cccc(OC)c2[O-])c1[O-].COc1cccc(CNCCNCc2cccc(OC)c2[O-])c1[O-].COc1cccc(CNCCNCc2cccc(OC)c2[O-])c1[O-].[Ce+4].[Ce+4].[Ce+4]. The third-order valence-corrected chi connectivity index (χ3v) is 22.0. The van der Waals surface area contributed by atoms with Crippen LogP contribution < -0.4 is 182 Å². The first-order chi connectivity index (χ1) is 70.0. The van der Waals surface area contributed by atoms with E-state index in [2.05, 4.69) is 63.8 Å². The van der Waals surface area contributed by atoms with Gasteiger partial charge in [-0.25, -0.2) is 0 Å². The normalized spacial score (nSPS) is 10.4. The third-order valence-electron chi connectivity index (χ3n) is 22.0. The maximum Gasteiger partial charge on any atom is 4.00 e. The Kier molecular flexibility index (Phi) is 65.2. The molecule has 0 heterocycles. The van der Waals surface area contributed by atoms with Gasteiger partial charge in [0.1, 0.15) is 69.0 Å². The Balaban J connectivity index is 0.000000366. The molecule has 0 saturated heterocycles. The number of para-hydroxylation sites is 12. The second kappa shape index (κ2) is 74.4. The van der Waals surface area contributed by atoms with E-state index in [1.807, 2.05) is 0 Å². The molecule has 12 aromatic carbocycles. The second-order valence-corrected chi connectivity index (χ2v) is 31.5. The number of hydrogen-bond acceptors (Lipinski definition) is 36. The Bertz CT molecular complexity index is 4540. The molecule has 0 aliphatic heterocycles. The van der Waals surface area contributed by atoms with E-state index in [1.54, 1.807) is 218 Å². The molecule has 147 heavy (non-hydrogen) atoms. The predicted molar refractivity (Wildman–Crippen MR) is 530 cm³/mol. The number of methoxy groups -OCH3 is 12. The van der Waals surface area contributed by atoms with Crippen LogP contribution in [-0.2, 0) is 78.5 Å². The zero-order chi connectivity index (χ0) is 104. The van der Waals surface area contributed by atoms with Crippen LogP contribution in [0.15, 0.2) is 218 Å². The van der Waals surface area contributed by atoms with Gasteiger partial charge in [-0.3, -0.25) is 0 Å². The van der Waals surface area contributed by atoms with Crippen molar-refractivity contribution in [2.24, 2.45) is 0 Å². The van der Waals surface area contributed by atoms with Gasteiger partial charge in [0.25, 0.3) is 0 Å². The maximum atomic E-state index is 12.0. The number of hydrogen-bond donors (Lipinski definition) is 12. The fraction of sp³-hybridized carbons (Fsp3) is 0.333. The molecule has 0 unspecified atom stereocenters. The average molecular weight is 2400 g/mol. The molecule has 0 spiro atoms. The average Bonchev–Trinajstić information content (AvgIpc) is 0.917. The largest absolute Gasteiger partial charge is 4.00 e. The van der Waals surface area contributed by atoms with Crippen LogP contribution in [0.3, 0.4) is 0 Å². The first-order valence-corrected chi connectivity index (χ1v) is 46.5. The van der Waals surface area contributed by atoms with Crippen LogP contribution in [0.2, 0.25) is 0 Å². The van der Waals surface area contributed by atoms with Crippen LogP contribution >= 0.6 is 0 Å². The minimum absolute atomic E-state index is 0. The smallest absolute Gasteiger partial charge is 0.870 e. The molecule has 39 heteroatoms. The summed E-state index contributed by atoms with van der Waals surface area (Å²) in [6, 6.07) is 62.8. The van der Waals surface area contributed by atoms with Gasteiger partial charge in [-0.2, -0.15) is 0 Å². The van der Waals surface area contributed by atoms with Crippen molar-refractivity contribution >= 4 is 0 Å². The molecular weight excluding hydrogens is 2270 g/mol. The number of nitrogens with one attached hydrogen (secondary N) is 12. The molecule has 12 aromatic rings. The van der Waals surface area contributed by atoms with E-state index in [9.17, 15) is 61.3 Å². The quantitative estimate of drug-likeness (QED) is 0.0235. The summed E-state index contributed by atoms with van der Waals surface area (Å²) in [5.41, 5.74) is 8.04. The minimum Gasteiger partial charge on any atom is -0.870 e. The molecule has 780 valence electrons. The number of rotatable bonds is 54. The van der Waals surface area contributed by atoms with Gasteiger partial charge in [0.2, 0.25) is 0 Å². The van der Waals surface area contributed by atoms with E-state index in [0.29, 0.717) is 293 Å². The Hall–Kier alpha value is -10.5. The molecule has 0 amide bonds. The zero-order valence-electron chi connectivity index (χ0n) is 85.1. The first-order valence-electron chi connectivity index (χ1n) is 46.5. The van der Waals surface area contributed by atoms with Crippen LogP contribution in [0, 0.1) is 125 Å². The zero-order valence-corrected chi connectivity index (χ0v) is 94.5. The molecule has 0 aliphatic rings. The van der Waals surface area contributed by atoms with E-state index in [4.69, 9.17) is 56.8 Å². The molecule has 0 bridgehead atoms. The number of ether oxygens (including phenoxy) is 12. The molecule has 0 saturated carbocycles. The molecule has 0 atom stereocenters. The molecule has 12 N–H and O–H groups in total. The van der Waals surface area contributed by atoms with Gasteiger partial charge in [-0.05, 0) is 140 Å². The van der Waals surface area contributed by atoms with E-state index >= 15 is 0 Å². The summed E-state index contributed by atoms with van der Waals surface area (Å²) in [5, 5.41) is 182. The monoisotopic (exact) mass is 2400 g/mol. The van der Waals surface area contributed by atoms with E-state index in [1.165, 1.54) is 85.3 Å². The Morgan fingerprint density at radius 1 is 0.129 bits per heavy atom. The summed E-state index contributed by atoms with van der Waals surface area (Å²) in [6.45, 7) is 13.8. The van der Waals surface area contributed by atoms with Crippen molar-refractivity contribution in [1.82, 2.24) is 63.8 Å². The summed E-state index contributed by atoms with van der Waals surface area (Å²) < 4.78 is 60.2. The summed E-state index contributed by atoms with van der Waals surface area (Å²) in [7, 11) is 17.8. The minimum atomic E-state index is -0.0900. The Labute approximate surface area is 962 Å². The molecule has 0 fully saturated rings. The van der Waals surface area contributed by atoms with Gasteiger partial charge in [0.05, 0.1) is 85.3 Å². The van der Waals surface area contributed by atoms with Crippen molar-refractivity contribution in [1.29, 1.82) is 0 Å². The summed E-state index contributed by atoms with van der Waals surface area (Å²) in [4.78, 5) is 0. The summed E-state index contributed by atoms with van der Waals surface area (Å²) in [6.07, 6.45) is 0. The summed E-state index contributed by atoms with van der Waals surface area (Å²) >= 11 is 0. The number of benzene rings is 12. The standard InChI is InChI=1S/6C18H24N2O4.3Ce/c6*1-23-15-7-3-5-13(17(15)21)11-19-9-10-20-12-14-6-4-8-16(24-2)18(14)22;;;/h6*3-8,19-22H,9-12H2,1-2H3;;;/q;;;;;;3*+4/p-12. The molecule has 36 nitrogen and oxygen atoms in total. The van der Waals surface area contributed by atoms with Gasteiger partial charge < -0.3 is 182 Å². The van der Waals surface area contributed by atoms with Crippen LogP contribution in [-0.4, -0.2) is 164 Å². The van der Waals surface area contributed by atoms with Crippen LogP contribution in [0.5, 0.6) is 138 Å². The first kappa shape index (κ1) is 129. The van der Waals surface area contributed by atoms with Crippen molar-refractivity contribution in [3.8, 4) is 138 Å². The van der Waals surface area contributed by atoms with Gasteiger partial charge in [0, 0.05) is 157 Å². The fourth-order valence-electron chi connectivity index (χ4n) is 14.1. The van der Waals surface area contributed by atoms with E-state index < -0.39 is 0 Å². The molecular formula is C108H132Ce3N12O24. The third kappa shape index (κ3) is 43.5. The molecule has 0 aromatic heterocycles. The predicted octanol–water partition coefficient (Wildman–Crippen LogP) is 4.38. The van der Waals surface area contributed by atoms with E-state index in [-0.39, 0.29) is 194 Å². The van der Waals surface area contributed by atoms with Crippen LogP contribution in [0.1, 0.15) is 66.8 Å². The maximum absolute atomic E-state index is 12.0. The van der Waals surface area contributed by atoms with Gasteiger partial charge in [-0.15, -0.1) is 0 Å². The van der Waals surface area contributed by atoms with Crippen LogP contribution in [0.4, 0.5) is 0 Å². The van der Waals surface area contributed by atoms with Crippen LogP contribution in [0.25, 0.3) is 0 Å². The van der Waals surface area contributed by atoms with Crippen molar-refractivity contribution in [2.45, 2.75) is 78.5 Å². The van der Waals surface area contributed by atoms with Gasteiger partial charge >= 0.3 is 125 Å². The van der Waals surface area contributed by atoms with Crippen molar-refractivity contribution < 1.29 is 243 Å². The topological polar surface area (TPSA) is 532 Å². The Morgan fingerprint density at radius 2 is 0.197 bits per heavy atom. The van der Waals surface area contributed by atoms with Gasteiger partial charge in [-0.1, -0.05) is 215 Å². The van der Waals surface area contributed by atoms with Crippen molar-refractivity contribution in [2.75, 3.05) is 164 Å². The molecule has 0 aliphatic carbocycles. The second-order valence-electron chi connectivity index (χ2n) is 31.5. The fourth-order valence-corrected chi connectivity index (χ4v) is 14.1. The Morgan fingerprint density at radius 3 is 0.259 bits per heavy atom. The van der Waals surface area contributed by atoms with Gasteiger partial charge in [0.15, 0.2) is 0 Å². The van der Waals surface area contributed by atoms with E-state index in [0.717, 1.165) is 0 Å².